The number of hydrogen-bond acceptors (Lipinski definition) is 2. The van der Waals surface area contributed by atoms with Gasteiger partial charge in [0.15, 0.2) is 14.3 Å². The molecule has 0 aliphatic heterocycles. The quantitative estimate of drug-likeness (QED) is 0.162. The van der Waals surface area contributed by atoms with Crippen molar-refractivity contribution >= 4 is 67.9 Å². The summed E-state index contributed by atoms with van der Waals surface area (Å²) in [6.07, 6.45) is 0. The Hall–Kier alpha value is -5.20. The minimum atomic E-state index is -3.16. The SMILES string of the molecule is Cc1ccc2c(c1)c1cc(P(=O)(c3ccccc3)c3ccccc3)ccc1n2-c1ccc(P(=O)(c2ccccc2)c2ccccc2)cc1. The number of benzene rings is 7. The Morgan fingerprint density at radius 1 is 0.375 bits per heavy atom. The van der Waals surface area contributed by atoms with Crippen molar-refractivity contribution in [2.45, 2.75) is 6.92 Å². The number of fused-ring (bicyclic) bond motifs is 3. The van der Waals surface area contributed by atoms with Crippen LogP contribution in [0.3, 0.4) is 0 Å². The van der Waals surface area contributed by atoms with Crippen LogP contribution in [0.2, 0.25) is 0 Å². The summed E-state index contributed by atoms with van der Waals surface area (Å²) in [4.78, 5) is 0. The van der Waals surface area contributed by atoms with Gasteiger partial charge in [-0.15, -0.1) is 0 Å². The molecule has 3 nitrogen and oxygen atoms in total. The number of aromatic nitrogens is 1. The average molecular weight is 658 g/mol. The first-order valence-corrected chi connectivity index (χ1v) is 19.5. The second-order valence-corrected chi connectivity index (χ2v) is 17.7. The van der Waals surface area contributed by atoms with Gasteiger partial charge in [0, 0.05) is 48.3 Å². The summed E-state index contributed by atoms with van der Waals surface area (Å²) in [6, 6.07) is 60.0. The van der Waals surface area contributed by atoms with E-state index in [0.29, 0.717) is 0 Å². The van der Waals surface area contributed by atoms with E-state index < -0.39 is 14.3 Å². The Kier molecular flexibility index (Phi) is 7.61. The van der Waals surface area contributed by atoms with Gasteiger partial charge in [-0.3, -0.25) is 0 Å². The van der Waals surface area contributed by atoms with E-state index in [4.69, 9.17) is 0 Å². The van der Waals surface area contributed by atoms with Crippen molar-refractivity contribution in [3.8, 4) is 5.69 Å². The van der Waals surface area contributed by atoms with Crippen LogP contribution in [0.1, 0.15) is 5.56 Å². The van der Waals surface area contributed by atoms with Gasteiger partial charge in [-0.25, -0.2) is 0 Å². The molecule has 5 heteroatoms. The zero-order chi connectivity index (χ0) is 32.7. The monoisotopic (exact) mass is 657 g/mol. The highest BCUT2D eigenvalue weighted by atomic mass is 31.2. The van der Waals surface area contributed by atoms with Crippen LogP contribution in [0.4, 0.5) is 0 Å². The van der Waals surface area contributed by atoms with Crippen molar-refractivity contribution in [3.05, 3.63) is 188 Å². The average Bonchev–Trinajstić information content (AvgIpc) is 3.48. The van der Waals surface area contributed by atoms with Gasteiger partial charge in [0.25, 0.3) is 0 Å². The first-order chi connectivity index (χ1) is 23.5. The Balaban J connectivity index is 1.31. The summed E-state index contributed by atoms with van der Waals surface area (Å²) in [6.45, 7) is 2.10. The fraction of sp³-hybridized carbons (Fsp3) is 0.0233. The van der Waals surface area contributed by atoms with Crippen molar-refractivity contribution in [1.29, 1.82) is 0 Å². The van der Waals surface area contributed by atoms with Gasteiger partial charge in [0.1, 0.15) is 0 Å². The molecule has 0 aliphatic rings. The summed E-state index contributed by atoms with van der Waals surface area (Å²) in [7, 11) is -6.26. The molecule has 8 rings (SSSR count). The number of aryl methyl sites for hydroxylation is 1. The molecule has 0 aliphatic carbocycles. The van der Waals surface area contributed by atoms with Crippen molar-refractivity contribution in [2.24, 2.45) is 0 Å². The standard InChI is InChI=1S/C43H33NO2P2/c1-32-22-28-42-40(30-32)41-31-39(48(46,36-18-10-4-11-19-36)37-20-12-5-13-21-37)27-29-43(41)44(42)33-23-25-38(26-24-33)47(45,34-14-6-2-7-15-34)35-16-8-3-9-17-35/h2-31H,1H3. The lowest BCUT2D eigenvalue weighted by atomic mass is 10.1. The number of hydrogen-bond donors (Lipinski definition) is 0. The van der Waals surface area contributed by atoms with Crippen LogP contribution in [0.15, 0.2) is 182 Å². The van der Waals surface area contributed by atoms with E-state index in [2.05, 4.69) is 54.0 Å². The molecule has 0 N–H and O–H groups in total. The second kappa shape index (κ2) is 12.1. The van der Waals surface area contributed by atoms with Gasteiger partial charge in [-0.05, 0) is 61.5 Å². The lowest BCUT2D eigenvalue weighted by Gasteiger charge is -2.21. The predicted octanol–water partition coefficient (Wildman–Crippen LogP) is 8.37. The fourth-order valence-electron chi connectivity index (χ4n) is 6.86. The molecule has 0 unspecified atom stereocenters. The van der Waals surface area contributed by atoms with Crippen molar-refractivity contribution in [3.63, 3.8) is 0 Å². The normalized spacial score (nSPS) is 12.0. The number of rotatable bonds is 7. The molecule has 0 spiro atoms. The van der Waals surface area contributed by atoms with E-state index in [-0.39, 0.29) is 0 Å². The predicted molar refractivity (Wildman–Crippen MR) is 204 cm³/mol. The molecule has 0 amide bonds. The Morgan fingerprint density at radius 2 is 0.729 bits per heavy atom. The summed E-state index contributed by atoms with van der Waals surface area (Å²) in [5, 5.41) is 6.98. The molecule has 232 valence electrons. The van der Waals surface area contributed by atoms with Crippen molar-refractivity contribution in [2.75, 3.05) is 0 Å². The number of nitrogens with zero attached hydrogens (tertiary/aromatic N) is 1. The zero-order valence-corrected chi connectivity index (χ0v) is 28.3. The van der Waals surface area contributed by atoms with Gasteiger partial charge in [-0.1, -0.05) is 133 Å². The first kappa shape index (κ1) is 30.2. The van der Waals surface area contributed by atoms with Crippen LogP contribution < -0.4 is 31.8 Å². The molecule has 1 heterocycles. The Morgan fingerprint density at radius 3 is 1.19 bits per heavy atom. The van der Waals surface area contributed by atoms with Gasteiger partial charge in [0.2, 0.25) is 0 Å². The van der Waals surface area contributed by atoms with E-state index in [1.54, 1.807) is 0 Å². The fourth-order valence-corrected chi connectivity index (χ4v) is 12.2. The maximum Gasteiger partial charge on any atom is 0.171 e. The summed E-state index contributed by atoms with van der Waals surface area (Å²) < 4.78 is 32.5. The Labute approximate surface area is 280 Å². The molecular weight excluding hydrogens is 624 g/mol. The molecule has 48 heavy (non-hydrogen) atoms. The molecular formula is C43H33NO2P2. The summed E-state index contributed by atoms with van der Waals surface area (Å²) in [5.41, 5.74) is 4.21. The molecule has 8 aromatic rings. The molecule has 0 saturated heterocycles. The van der Waals surface area contributed by atoms with Crippen LogP contribution in [-0.4, -0.2) is 4.57 Å². The molecule has 0 bridgehead atoms. The van der Waals surface area contributed by atoms with Gasteiger partial charge >= 0.3 is 0 Å². The van der Waals surface area contributed by atoms with E-state index in [0.717, 1.165) is 64.9 Å². The van der Waals surface area contributed by atoms with Crippen LogP contribution in [0.25, 0.3) is 27.5 Å². The molecule has 0 radical (unpaired) electrons. The topological polar surface area (TPSA) is 39.1 Å². The highest BCUT2D eigenvalue weighted by Gasteiger charge is 2.31. The highest BCUT2D eigenvalue weighted by molar-refractivity contribution is 7.85. The third-order valence-electron chi connectivity index (χ3n) is 9.22. The van der Waals surface area contributed by atoms with Gasteiger partial charge < -0.3 is 13.7 Å². The van der Waals surface area contributed by atoms with E-state index in [9.17, 15) is 0 Å². The zero-order valence-electron chi connectivity index (χ0n) is 26.5. The maximum atomic E-state index is 15.3. The minimum absolute atomic E-state index is 0.786. The lowest BCUT2D eigenvalue weighted by molar-refractivity contribution is 0.591. The van der Waals surface area contributed by atoms with Gasteiger partial charge in [-0.2, -0.15) is 0 Å². The maximum absolute atomic E-state index is 15.3. The third kappa shape index (κ3) is 4.90. The minimum Gasteiger partial charge on any atom is -0.309 e. The Bertz CT molecular complexity index is 2400. The summed E-state index contributed by atoms with van der Waals surface area (Å²) in [5.74, 6) is 0. The highest BCUT2D eigenvalue weighted by Crippen LogP contribution is 2.45. The van der Waals surface area contributed by atoms with E-state index in [1.165, 1.54) is 0 Å². The van der Waals surface area contributed by atoms with Crippen LogP contribution in [0, 0.1) is 6.92 Å². The molecule has 1 aromatic heterocycles. The van der Waals surface area contributed by atoms with Crippen LogP contribution in [0.5, 0.6) is 0 Å². The van der Waals surface area contributed by atoms with Crippen LogP contribution in [-0.2, 0) is 9.13 Å². The lowest BCUT2D eigenvalue weighted by Crippen LogP contribution is -2.25. The second-order valence-electron chi connectivity index (χ2n) is 12.1. The largest absolute Gasteiger partial charge is 0.309 e. The first-order valence-electron chi connectivity index (χ1n) is 16.1. The van der Waals surface area contributed by atoms with Crippen molar-refractivity contribution in [1.82, 2.24) is 4.57 Å². The van der Waals surface area contributed by atoms with E-state index >= 15 is 9.13 Å². The third-order valence-corrected chi connectivity index (χ3v) is 15.4. The smallest absolute Gasteiger partial charge is 0.171 e. The molecule has 0 atom stereocenters. The summed E-state index contributed by atoms with van der Waals surface area (Å²) >= 11 is 0. The van der Waals surface area contributed by atoms with E-state index in [1.807, 2.05) is 140 Å². The van der Waals surface area contributed by atoms with Crippen LogP contribution >= 0.6 is 14.3 Å². The van der Waals surface area contributed by atoms with Gasteiger partial charge in [0.05, 0.1) is 11.0 Å². The molecule has 0 saturated carbocycles. The molecule has 0 fully saturated rings. The van der Waals surface area contributed by atoms with Crippen molar-refractivity contribution < 1.29 is 9.13 Å². The molecule has 7 aromatic carbocycles.